The van der Waals surface area contributed by atoms with Crippen LogP contribution in [0.2, 0.25) is 0 Å². The Morgan fingerprint density at radius 1 is 0.903 bits per heavy atom. The maximum absolute atomic E-state index is 13.2. The average Bonchev–Trinajstić information content (AvgIpc) is 2.85. The second-order valence-electron chi connectivity index (χ2n) is 9.44. The highest BCUT2D eigenvalue weighted by Gasteiger charge is 2.32. The molecule has 0 saturated carbocycles. The summed E-state index contributed by atoms with van der Waals surface area (Å²) >= 11 is 0. The number of piperidine rings is 3. The molecule has 0 aromatic carbocycles. The minimum atomic E-state index is 0.0510. The minimum Gasteiger partial charge on any atom is -0.341 e. The van der Waals surface area contributed by atoms with E-state index in [1.165, 1.54) is 25.7 Å². The molecule has 170 valence electrons. The smallest absolute Gasteiger partial charge is 0.255 e. The van der Waals surface area contributed by atoms with E-state index in [-0.39, 0.29) is 11.9 Å². The molecular formula is C25H38N4O2. The number of carbonyl (C=O) groups excluding carboxylic acids is 2. The van der Waals surface area contributed by atoms with Crippen molar-refractivity contribution in [2.45, 2.75) is 76.7 Å². The molecule has 4 heterocycles. The van der Waals surface area contributed by atoms with Gasteiger partial charge in [-0.3, -0.25) is 19.5 Å². The number of nitrogens with zero attached hydrogens (tertiary/aromatic N) is 4. The number of carbonyl (C=O) groups is 2. The lowest BCUT2D eigenvalue weighted by Gasteiger charge is -2.39. The second kappa shape index (κ2) is 10.6. The van der Waals surface area contributed by atoms with Crippen LogP contribution in [0.1, 0.15) is 86.7 Å². The van der Waals surface area contributed by atoms with E-state index < -0.39 is 0 Å². The topological polar surface area (TPSA) is 56.8 Å². The summed E-state index contributed by atoms with van der Waals surface area (Å²) in [7, 11) is 0. The first-order valence-corrected chi connectivity index (χ1v) is 12.5. The van der Waals surface area contributed by atoms with Crippen LogP contribution in [0.15, 0.2) is 18.3 Å². The van der Waals surface area contributed by atoms with Crippen LogP contribution in [-0.2, 0) is 4.79 Å². The summed E-state index contributed by atoms with van der Waals surface area (Å²) in [5.74, 6) is 0.805. The van der Waals surface area contributed by atoms with Crippen LogP contribution in [0.4, 0.5) is 0 Å². The van der Waals surface area contributed by atoms with Crippen LogP contribution in [0.25, 0.3) is 0 Å². The van der Waals surface area contributed by atoms with Gasteiger partial charge in [-0.15, -0.1) is 0 Å². The molecule has 0 unspecified atom stereocenters. The Balaban J connectivity index is 1.31. The minimum absolute atomic E-state index is 0.0510. The van der Waals surface area contributed by atoms with E-state index in [4.69, 9.17) is 0 Å². The Morgan fingerprint density at radius 3 is 2.13 bits per heavy atom. The molecule has 2 amide bonds. The number of hydrogen-bond acceptors (Lipinski definition) is 4. The number of rotatable bonds is 5. The van der Waals surface area contributed by atoms with E-state index in [0.717, 1.165) is 77.1 Å². The van der Waals surface area contributed by atoms with Gasteiger partial charge in [0.2, 0.25) is 5.91 Å². The number of hydrogen-bond donors (Lipinski definition) is 0. The highest BCUT2D eigenvalue weighted by atomic mass is 16.2. The second-order valence-corrected chi connectivity index (χ2v) is 9.44. The third-order valence-electron chi connectivity index (χ3n) is 7.40. The largest absolute Gasteiger partial charge is 0.341 e. The molecule has 3 saturated heterocycles. The van der Waals surface area contributed by atoms with Crippen LogP contribution in [-0.4, -0.2) is 76.8 Å². The van der Waals surface area contributed by atoms with E-state index in [2.05, 4.69) is 21.7 Å². The molecule has 4 rings (SSSR count). The van der Waals surface area contributed by atoms with E-state index in [0.29, 0.717) is 17.4 Å². The maximum atomic E-state index is 13.2. The van der Waals surface area contributed by atoms with Crippen molar-refractivity contribution < 1.29 is 9.59 Å². The number of amides is 2. The van der Waals surface area contributed by atoms with Crippen molar-refractivity contribution in [3.63, 3.8) is 0 Å². The lowest BCUT2D eigenvalue weighted by Crippen LogP contribution is -2.51. The predicted octanol–water partition coefficient (Wildman–Crippen LogP) is 3.68. The van der Waals surface area contributed by atoms with Crippen LogP contribution in [0, 0.1) is 0 Å². The van der Waals surface area contributed by atoms with E-state index in [1.54, 1.807) is 6.20 Å². The van der Waals surface area contributed by atoms with Gasteiger partial charge in [-0.05, 0) is 76.6 Å². The van der Waals surface area contributed by atoms with Gasteiger partial charge in [0, 0.05) is 44.0 Å². The maximum Gasteiger partial charge on any atom is 0.255 e. The van der Waals surface area contributed by atoms with Crippen LogP contribution < -0.4 is 0 Å². The molecular weight excluding hydrogens is 388 g/mol. The fourth-order valence-electron chi connectivity index (χ4n) is 5.48. The highest BCUT2D eigenvalue weighted by molar-refractivity contribution is 5.94. The summed E-state index contributed by atoms with van der Waals surface area (Å²) in [4.78, 5) is 36.9. The molecule has 0 aliphatic carbocycles. The third-order valence-corrected chi connectivity index (χ3v) is 7.40. The Bertz CT molecular complexity index is 730. The molecule has 6 heteroatoms. The fraction of sp³-hybridized carbons (Fsp3) is 0.720. The average molecular weight is 427 g/mol. The zero-order valence-corrected chi connectivity index (χ0v) is 19.1. The van der Waals surface area contributed by atoms with Crippen molar-refractivity contribution in [2.24, 2.45) is 0 Å². The lowest BCUT2D eigenvalue weighted by molar-refractivity contribution is -0.138. The summed E-state index contributed by atoms with van der Waals surface area (Å²) < 4.78 is 0. The molecule has 0 N–H and O–H groups in total. The fourth-order valence-corrected chi connectivity index (χ4v) is 5.48. The molecule has 1 atom stereocenters. The predicted molar refractivity (Wildman–Crippen MR) is 122 cm³/mol. The molecule has 3 aliphatic heterocycles. The molecule has 0 radical (unpaired) electrons. The Hall–Kier alpha value is -1.95. The first-order chi connectivity index (χ1) is 15.2. The van der Waals surface area contributed by atoms with Crippen LogP contribution in [0.5, 0.6) is 0 Å². The Labute approximate surface area is 187 Å². The quantitative estimate of drug-likeness (QED) is 0.721. The summed E-state index contributed by atoms with van der Waals surface area (Å²) in [6.45, 7) is 7.61. The molecule has 1 aromatic heterocycles. The van der Waals surface area contributed by atoms with Crippen LogP contribution in [0.3, 0.4) is 0 Å². The van der Waals surface area contributed by atoms with Crippen molar-refractivity contribution >= 4 is 11.8 Å². The molecule has 0 spiro atoms. The SMILES string of the molecule is CC[C@H](C(=O)N1CCC(c2ccc(C(=O)N3CCCCC3)cn2)CC1)N1CCCCC1. The van der Waals surface area contributed by atoms with Gasteiger partial charge in [-0.25, -0.2) is 0 Å². The third kappa shape index (κ3) is 5.28. The molecule has 1 aromatic rings. The van der Waals surface area contributed by atoms with Gasteiger partial charge < -0.3 is 9.80 Å². The summed E-state index contributed by atoms with van der Waals surface area (Å²) in [6, 6.07) is 4.03. The van der Waals surface area contributed by atoms with Crippen molar-refractivity contribution in [1.29, 1.82) is 0 Å². The van der Waals surface area contributed by atoms with Gasteiger partial charge in [0.1, 0.15) is 0 Å². The first-order valence-electron chi connectivity index (χ1n) is 12.5. The lowest BCUT2D eigenvalue weighted by atomic mass is 9.92. The van der Waals surface area contributed by atoms with Gasteiger partial charge in [0.25, 0.3) is 5.91 Å². The molecule has 3 fully saturated rings. The number of aromatic nitrogens is 1. The van der Waals surface area contributed by atoms with Crippen molar-refractivity contribution in [3.8, 4) is 0 Å². The summed E-state index contributed by atoms with van der Waals surface area (Å²) in [5, 5.41) is 0. The molecule has 0 bridgehead atoms. The van der Waals surface area contributed by atoms with Gasteiger partial charge >= 0.3 is 0 Å². The Kier molecular flexibility index (Phi) is 7.59. The van der Waals surface area contributed by atoms with Crippen molar-refractivity contribution in [1.82, 2.24) is 19.7 Å². The zero-order valence-electron chi connectivity index (χ0n) is 19.1. The highest BCUT2D eigenvalue weighted by Crippen LogP contribution is 2.28. The summed E-state index contributed by atoms with van der Waals surface area (Å²) in [6.07, 6.45) is 11.7. The van der Waals surface area contributed by atoms with E-state index >= 15 is 0 Å². The number of pyridine rings is 1. The standard InChI is InChI=1S/C25H38N4O2/c1-2-23(27-13-5-3-6-14-27)25(31)29-17-11-20(12-18-29)22-10-9-21(19-26-22)24(30)28-15-7-4-8-16-28/h9-10,19-20,23H,2-8,11-18H2,1H3/t23-/m1/s1. The molecule has 3 aliphatic rings. The van der Waals surface area contributed by atoms with Gasteiger partial charge in [-0.1, -0.05) is 13.3 Å². The monoisotopic (exact) mass is 426 g/mol. The van der Waals surface area contributed by atoms with E-state index in [1.807, 2.05) is 17.0 Å². The van der Waals surface area contributed by atoms with Gasteiger partial charge in [0.05, 0.1) is 11.6 Å². The molecule has 6 nitrogen and oxygen atoms in total. The first kappa shape index (κ1) is 22.3. The normalized spacial score (nSPS) is 22.4. The van der Waals surface area contributed by atoms with Crippen LogP contribution >= 0.6 is 0 Å². The summed E-state index contributed by atoms with van der Waals surface area (Å²) in [5.41, 5.74) is 1.76. The van der Waals surface area contributed by atoms with E-state index in [9.17, 15) is 9.59 Å². The van der Waals surface area contributed by atoms with Crippen molar-refractivity contribution in [3.05, 3.63) is 29.6 Å². The van der Waals surface area contributed by atoms with Gasteiger partial charge in [-0.2, -0.15) is 0 Å². The van der Waals surface area contributed by atoms with Gasteiger partial charge in [0.15, 0.2) is 0 Å². The number of likely N-dealkylation sites (tertiary alicyclic amines) is 3. The van der Waals surface area contributed by atoms with Crippen molar-refractivity contribution in [2.75, 3.05) is 39.3 Å². The zero-order chi connectivity index (χ0) is 21.6. The Morgan fingerprint density at radius 2 is 1.55 bits per heavy atom. The molecule has 31 heavy (non-hydrogen) atoms.